The zero-order valence-electron chi connectivity index (χ0n) is 33.2. The molecule has 0 unspecified atom stereocenters. The van der Waals surface area contributed by atoms with Crippen LogP contribution in [0.2, 0.25) is 0 Å². The second kappa shape index (κ2) is 12.3. The summed E-state index contributed by atoms with van der Waals surface area (Å²) in [7, 11) is 0. The average Bonchev–Trinajstić information content (AvgIpc) is 3.94. The normalized spacial score (nSPS) is 22.4. The lowest BCUT2D eigenvalue weighted by atomic mass is 9.43. The molecule has 3 nitrogen and oxygen atoms in total. The van der Waals surface area contributed by atoms with Gasteiger partial charge < -0.3 is 0 Å². The third kappa shape index (κ3) is 4.50. The Morgan fingerprint density at radius 3 is 1.93 bits per heavy atom. The van der Waals surface area contributed by atoms with Crippen molar-refractivity contribution in [3.8, 4) is 50.6 Å². The Kier molecular flexibility index (Phi) is 6.89. The maximum Gasteiger partial charge on any atom is 0.236 e. The molecule has 0 radical (unpaired) electrons. The lowest BCUT2D eigenvalue weighted by Gasteiger charge is -2.61. The third-order valence-corrected chi connectivity index (χ3v) is 16.3. The summed E-state index contributed by atoms with van der Waals surface area (Å²) >= 11 is 1.75. The summed E-state index contributed by atoms with van der Waals surface area (Å²) in [5.41, 5.74) is 15.5. The minimum Gasteiger partial charge on any atom is -0.278 e. The fourth-order valence-corrected chi connectivity index (χ4v) is 14.2. The van der Waals surface area contributed by atoms with Crippen LogP contribution in [0.3, 0.4) is 0 Å². The summed E-state index contributed by atoms with van der Waals surface area (Å²) in [4.78, 5) is 12.0. The molecule has 15 rings (SSSR count). The lowest BCUT2D eigenvalue weighted by Crippen LogP contribution is -2.55. The monoisotopic (exact) mass is 787 g/mol. The van der Waals surface area contributed by atoms with E-state index in [1.807, 2.05) is 0 Å². The summed E-state index contributed by atoms with van der Waals surface area (Å²) < 4.78 is 3.53. The molecule has 4 bridgehead atoms. The molecule has 3 heterocycles. The van der Waals surface area contributed by atoms with Gasteiger partial charge in [-0.3, -0.25) is 4.57 Å². The first-order chi connectivity index (χ1) is 29.7. The van der Waals surface area contributed by atoms with Gasteiger partial charge in [-0.2, -0.15) is 0 Å². The molecule has 286 valence electrons. The fourth-order valence-electron chi connectivity index (χ4n) is 13.2. The Morgan fingerprint density at radius 1 is 0.467 bits per heavy atom. The standard InChI is InChI=1S/C56H41N3S/c1-2-11-35(12-3-1)36-21-23-37(24-22-36)53-52-44-15-6-9-20-50(44)60-54(52)58-55(57-53)59-48-18-8-5-14-43(48)51-41(16-10-19-49(51)59)38-25-26-47-45(32-38)42-13-4-7-17-46(42)56(47)39-28-33-27-34(30-39)31-40(56)29-33/h1-26,32-34,39-40H,27-31H2. The van der Waals surface area contributed by atoms with E-state index in [4.69, 9.17) is 9.97 Å². The van der Waals surface area contributed by atoms with Gasteiger partial charge in [0.1, 0.15) is 4.83 Å². The molecule has 5 aliphatic carbocycles. The van der Waals surface area contributed by atoms with Crippen LogP contribution in [0.4, 0.5) is 0 Å². The van der Waals surface area contributed by atoms with Crippen LogP contribution >= 0.6 is 11.3 Å². The quantitative estimate of drug-likeness (QED) is 0.178. The van der Waals surface area contributed by atoms with Crippen molar-refractivity contribution in [3.05, 3.63) is 175 Å². The number of hydrogen-bond donors (Lipinski definition) is 0. The SMILES string of the molecule is c1ccc(-c2ccc(-c3nc(-n4c5ccccc5c5c(-c6ccc7c(c6)-c6ccccc6C76C7CC8CC(C7)CC6C8)cccc54)nc4sc5ccccc5c34)cc2)cc1. The minimum atomic E-state index is 0.169. The summed E-state index contributed by atoms with van der Waals surface area (Å²) in [6.45, 7) is 0. The highest BCUT2D eigenvalue weighted by atomic mass is 32.1. The number of rotatable bonds is 4. The van der Waals surface area contributed by atoms with Crippen molar-refractivity contribution in [1.82, 2.24) is 14.5 Å². The second-order valence-electron chi connectivity index (χ2n) is 18.1. The molecule has 7 aromatic carbocycles. The van der Waals surface area contributed by atoms with Gasteiger partial charge in [0.15, 0.2) is 0 Å². The molecule has 60 heavy (non-hydrogen) atoms. The molecular weight excluding hydrogens is 747 g/mol. The van der Waals surface area contributed by atoms with Crippen molar-refractivity contribution in [2.24, 2.45) is 23.7 Å². The minimum absolute atomic E-state index is 0.169. The summed E-state index contributed by atoms with van der Waals surface area (Å²) in [5.74, 6) is 4.08. The van der Waals surface area contributed by atoms with Gasteiger partial charge in [0.05, 0.1) is 16.7 Å². The van der Waals surface area contributed by atoms with Crippen molar-refractivity contribution in [3.63, 3.8) is 0 Å². The van der Waals surface area contributed by atoms with Crippen molar-refractivity contribution < 1.29 is 0 Å². The van der Waals surface area contributed by atoms with E-state index in [1.165, 1.54) is 86.3 Å². The van der Waals surface area contributed by atoms with Crippen LogP contribution < -0.4 is 0 Å². The number of para-hydroxylation sites is 1. The van der Waals surface area contributed by atoms with Crippen LogP contribution in [0.1, 0.15) is 43.2 Å². The molecule has 1 spiro atoms. The van der Waals surface area contributed by atoms with Gasteiger partial charge in [-0.15, -0.1) is 11.3 Å². The van der Waals surface area contributed by atoms with E-state index in [0.717, 1.165) is 56.2 Å². The first-order valence-electron chi connectivity index (χ1n) is 21.8. The summed E-state index contributed by atoms with van der Waals surface area (Å²) in [5, 5.41) is 4.78. The van der Waals surface area contributed by atoms with Crippen molar-refractivity contribution in [2.75, 3.05) is 0 Å². The Labute approximate surface area is 353 Å². The molecule has 0 saturated heterocycles. The molecule has 0 amide bonds. The number of thiophene rings is 1. The predicted molar refractivity (Wildman–Crippen MR) is 249 cm³/mol. The number of nitrogens with zero attached hydrogens (tertiary/aromatic N) is 3. The smallest absolute Gasteiger partial charge is 0.236 e. The van der Waals surface area contributed by atoms with Gasteiger partial charge >= 0.3 is 0 Å². The van der Waals surface area contributed by atoms with E-state index in [-0.39, 0.29) is 5.41 Å². The Balaban J connectivity index is 0.968. The molecule has 3 aromatic heterocycles. The number of benzene rings is 7. The molecule has 10 aromatic rings. The molecule has 5 aliphatic rings. The zero-order chi connectivity index (χ0) is 39.1. The maximum absolute atomic E-state index is 5.56. The highest BCUT2D eigenvalue weighted by molar-refractivity contribution is 7.25. The third-order valence-electron chi connectivity index (χ3n) is 15.3. The molecular formula is C56H41N3S. The van der Waals surface area contributed by atoms with Gasteiger partial charge in [-0.1, -0.05) is 140 Å². The lowest BCUT2D eigenvalue weighted by molar-refractivity contribution is -0.0399. The number of hydrogen-bond acceptors (Lipinski definition) is 3. The molecule has 4 heteroatoms. The highest BCUT2D eigenvalue weighted by Crippen LogP contribution is 2.69. The van der Waals surface area contributed by atoms with Crippen LogP contribution in [0.5, 0.6) is 0 Å². The number of fused-ring (bicyclic) bond motifs is 9. The summed E-state index contributed by atoms with van der Waals surface area (Å²) in [6, 6.07) is 60.8. The van der Waals surface area contributed by atoms with Gasteiger partial charge in [0.2, 0.25) is 5.95 Å². The predicted octanol–water partition coefficient (Wildman–Crippen LogP) is 14.7. The van der Waals surface area contributed by atoms with Gasteiger partial charge in [-0.25, -0.2) is 9.97 Å². The van der Waals surface area contributed by atoms with Gasteiger partial charge in [0.25, 0.3) is 0 Å². The van der Waals surface area contributed by atoms with E-state index < -0.39 is 0 Å². The first kappa shape index (κ1) is 33.5. The Morgan fingerprint density at radius 2 is 1.10 bits per heavy atom. The van der Waals surface area contributed by atoms with Crippen LogP contribution in [-0.2, 0) is 5.41 Å². The van der Waals surface area contributed by atoms with Gasteiger partial charge in [0, 0.05) is 37.2 Å². The highest BCUT2D eigenvalue weighted by Gasteiger charge is 2.61. The zero-order valence-corrected chi connectivity index (χ0v) is 34.0. The molecule has 0 N–H and O–H groups in total. The van der Waals surface area contributed by atoms with E-state index in [0.29, 0.717) is 5.95 Å². The van der Waals surface area contributed by atoms with E-state index in [9.17, 15) is 0 Å². The molecule has 0 aliphatic heterocycles. The Hall–Kier alpha value is -6.36. The van der Waals surface area contributed by atoms with E-state index in [2.05, 4.69) is 168 Å². The molecule has 4 fully saturated rings. The van der Waals surface area contributed by atoms with Crippen molar-refractivity contribution in [2.45, 2.75) is 37.5 Å². The van der Waals surface area contributed by atoms with Crippen molar-refractivity contribution in [1.29, 1.82) is 0 Å². The van der Waals surface area contributed by atoms with Crippen LogP contribution in [0.15, 0.2) is 164 Å². The maximum atomic E-state index is 5.56. The second-order valence-corrected chi connectivity index (χ2v) is 19.2. The van der Waals surface area contributed by atoms with Crippen LogP contribution in [-0.4, -0.2) is 14.5 Å². The Bertz CT molecular complexity index is 3360. The topological polar surface area (TPSA) is 30.7 Å². The molecule has 0 atom stereocenters. The average molecular weight is 788 g/mol. The van der Waals surface area contributed by atoms with E-state index >= 15 is 0 Å². The summed E-state index contributed by atoms with van der Waals surface area (Å²) in [6.07, 6.45) is 7.07. The first-order valence-corrected chi connectivity index (χ1v) is 22.6. The van der Waals surface area contributed by atoms with Gasteiger partial charge in [-0.05, 0) is 125 Å². The fraction of sp³-hybridized carbons (Fsp3) is 0.179. The van der Waals surface area contributed by atoms with Crippen molar-refractivity contribution >= 4 is 53.4 Å². The number of aromatic nitrogens is 3. The largest absolute Gasteiger partial charge is 0.278 e. The van der Waals surface area contributed by atoms with E-state index in [1.54, 1.807) is 22.5 Å². The van der Waals surface area contributed by atoms with Crippen LogP contribution in [0.25, 0.3) is 92.7 Å². The molecule has 4 saturated carbocycles. The van der Waals surface area contributed by atoms with Crippen LogP contribution in [0, 0.1) is 23.7 Å².